The Labute approximate surface area is 70.1 Å². The summed E-state index contributed by atoms with van der Waals surface area (Å²) in [6, 6.07) is -1.17. The second-order valence-corrected chi connectivity index (χ2v) is 2.27. The third-order valence-corrected chi connectivity index (χ3v) is 1.19. The van der Waals surface area contributed by atoms with Crippen LogP contribution >= 0.6 is 0 Å². The predicted octanol–water partition coefficient (Wildman–Crippen LogP) is -0.747. The van der Waals surface area contributed by atoms with Gasteiger partial charge < -0.3 is 10.1 Å². The first kappa shape index (κ1) is 10.6. The topological polar surface area (TPSA) is 72.5 Å². The number of methoxy groups -OCH3 is 1. The molecule has 0 radical (unpaired) electrons. The molecular weight excluding hydrogens is 162 g/mol. The third kappa shape index (κ3) is 3.14. The lowest BCUT2D eigenvalue weighted by atomic mass is 10.2. The number of Topliss-reactive ketones (excluding diaryl/α,β-unsaturated/α-hetero) is 1. The number of ether oxygens (including phenoxy) is 1. The number of hydrogen-bond acceptors (Lipinski definition) is 4. The van der Waals surface area contributed by atoms with E-state index in [0.717, 1.165) is 7.11 Å². The van der Waals surface area contributed by atoms with E-state index >= 15 is 0 Å². The molecule has 0 spiro atoms. The fourth-order valence-corrected chi connectivity index (χ4v) is 0.648. The Morgan fingerprint density at radius 2 is 1.75 bits per heavy atom. The maximum atomic E-state index is 10.8. The number of hydrogen-bond donors (Lipinski definition) is 1. The van der Waals surface area contributed by atoms with Crippen molar-refractivity contribution >= 4 is 17.7 Å². The maximum Gasteiger partial charge on any atom is 0.336 e. The molecule has 12 heavy (non-hydrogen) atoms. The van der Waals surface area contributed by atoms with Crippen LogP contribution in [0.4, 0.5) is 0 Å². The smallest absolute Gasteiger partial charge is 0.336 e. The van der Waals surface area contributed by atoms with E-state index in [1.165, 1.54) is 13.8 Å². The summed E-state index contributed by atoms with van der Waals surface area (Å²) >= 11 is 0. The quantitative estimate of drug-likeness (QED) is 0.450. The van der Waals surface area contributed by atoms with Gasteiger partial charge in [0.25, 0.3) is 0 Å². The highest BCUT2D eigenvalue weighted by molar-refractivity contribution is 6.04. The van der Waals surface area contributed by atoms with E-state index in [1.54, 1.807) is 0 Å². The summed E-state index contributed by atoms with van der Waals surface area (Å²) in [5.74, 6) is -1.64. The second-order valence-electron chi connectivity index (χ2n) is 2.27. The van der Waals surface area contributed by atoms with Gasteiger partial charge in [-0.05, 0) is 6.92 Å². The summed E-state index contributed by atoms with van der Waals surface area (Å²) in [5, 5.41) is 2.17. The molecule has 5 heteroatoms. The van der Waals surface area contributed by atoms with Gasteiger partial charge in [-0.25, -0.2) is 4.79 Å². The van der Waals surface area contributed by atoms with Crippen LogP contribution in [0.25, 0.3) is 0 Å². The lowest BCUT2D eigenvalue weighted by Crippen LogP contribution is -2.45. The molecule has 0 aliphatic carbocycles. The molecule has 1 unspecified atom stereocenters. The minimum atomic E-state index is -1.17. The molecular formula is C7H11NO4. The van der Waals surface area contributed by atoms with Crippen molar-refractivity contribution in [2.75, 3.05) is 7.11 Å². The molecule has 68 valence electrons. The molecule has 0 aromatic rings. The van der Waals surface area contributed by atoms with Crippen molar-refractivity contribution in [1.82, 2.24) is 5.32 Å². The fourth-order valence-electron chi connectivity index (χ4n) is 0.648. The van der Waals surface area contributed by atoms with Gasteiger partial charge in [-0.3, -0.25) is 9.59 Å². The summed E-state index contributed by atoms with van der Waals surface area (Å²) in [7, 11) is 1.15. The van der Waals surface area contributed by atoms with Gasteiger partial charge in [0, 0.05) is 6.92 Å². The fraction of sp³-hybridized carbons (Fsp3) is 0.571. The van der Waals surface area contributed by atoms with E-state index in [4.69, 9.17) is 0 Å². The Kier molecular flexibility index (Phi) is 3.96. The maximum absolute atomic E-state index is 10.8. The van der Waals surface area contributed by atoms with Gasteiger partial charge >= 0.3 is 5.97 Å². The first-order valence-corrected chi connectivity index (χ1v) is 3.34. The van der Waals surface area contributed by atoms with Crippen molar-refractivity contribution < 1.29 is 19.1 Å². The van der Waals surface area contributed by atoms with Gasteiger partial charge in [0.05, 0.1) is 7.11 Å². The zero-order valence-electron chi connectivity index (χ0n) is 7.21. The van der Waals surface area contributed by atoms with Crippen LogP contribution in [-0.4, -0.2) is 30.8 Å². The lowest BCUT2D eigenvalue weighted by molar-refractivity contribution is -0.148. The van der Waals surface area contributed by atoms with Crippen LogP contribution in [0.2, 0.25) is 0 Å². The van der Waals surface area contributed by atoms with Crippen molar-refractivity contribution in [3.8, 4) is 0 Å². The summed E-state index contributed by atoms with van der Waals surface area (Å²) in [6.07, 6.45) is 0. The summed E-state index contributed by atoms with van der Waals surface area (Å²) in [4.78, 5) is 32.1. The van der Waals surface area contributed by atoms with Crippen molar-refractivity contribution in [2.24, 2.45) is 0 Å². The summed E-state index contributed by atoms with van der Waals surface area (Å²) in [5.41, 5.74) is 0. The second kappa shape index (κ2) is 4.48. The van der Waals surface area contributed by atoms with Gasteiger partial charge in [0.1, 0.15) is 0 Å². The van der Waals surface area contributed by atoms with Crippen LogP contribution in [0, 0.1) is 0 Å². The number of rotatable bonds is 3. The molecule has 5 nitrogen and oxygen atoms in total. The van der Waals surface area contributed by atoms with Gasteiger partial charge in [-0.15, -0.1) is 0 Å². The molecule has 0 aromatic carbocycles. The zero-order chi connectivity index (χ0) is 9.72. The lowest BCUT2D eigenvalue weighted by Gasteiger charge is -2.11. The van der Waals surface area contributed by atoms with E-state index in [9.17, 15) is 14.4 Å². The Morgan fingerprint density at radius 3 is 2.00 bits per heavy atom. The molecule has 0 aliphatic heterocycles. The van der Waals surface area contributed by atoms with Crippen LogP contribution in [-0.2, 0) is 19.1 Å². The average Bonchev–Trinajstić information content (AvgIpc) is 1.98. The highest BCUT2D eigenvalue weighted by Crippen LogP contribution is 1.89. The number of carbonyl (C=O) groups is 3. The van der Waals surface area contributed by atoms with Crippen LogP contribution in [0.3, 0.4) is 0 Å². The molecule has 1 N–H and O–H groups in total. The molecule has 1 atom stereocenters. The molecule has 0 aliphatic rings. The third-order valence-electron chi connectivity index (χ3n) is 1.19. The number of esters is 1. The van der Waals surface area contributed by atoms with E-state index in [1.807, 2.05) is 0 Å². The standard InChI is InChI=1S/C7H11NO4/c1-4(9)6(7(11)12-3)8-5(2)10/h6H,1-3H3,(H,8,10). The van der Waals surface area contributed by atoms with E-state index in [0.29, 0.717) is 0 Å². The SMILES string of the molecule is COC(=O)C(NC(C)=O)C(C)=O. The molecule has 0 aromatic heterocycles. The van der Waals surface area contributed by atoms with E-state index in [-0.39, 0.29) is 0 Å². The monoisotopic (exact) mass is 173 g/mol. The largest absolute Gasteiger partial charge is 0.467 e. The molecule has 0 saturated heterocycles. The minimum Gasteiger partial charge on any atom is -0.467 e. The molecule has 0 saturated carbocycles. The van der Waals surface area contributed by atoms with Gasteiger partial charge in [0.2, 0.25) is 5.91 Å². The summed E-state index contributed by atoms with van der Waals surface area (Å²) in [6.45, 7) is 2.43. The number of ketones is 1. The zero-order valence-corrected chi connectivity index (χ0v) is 7.21. The van der Waals surface area contributed by atoms with Crippen LogP contribution in [0.1, 0.15) is 13.8 Å². The first-order valence-electron chi connectivity index (χ1n) is 3.34. The Balaban J connectivity index is 4.33. The van der Waals surface area contributed by atoms with E-state index < -0.39 is 23.7 Å². The first-order chi connectivity index (χ1) is 5.49. The number of carbonyl (C=O) groups excluding carboxylic acids is 3. The molecule has 0 fully saturated rings. The Bertz CT molecular complexity index is 211. The van der Waals surface area contributed by atoms with E-state index in [2.05, 4.69) is 10.1 Å². The van der Waals surface area contributed by atoms with Gasteiger partial charge in [-0.2, -0.15) is 0 Å². The molecule has 1 amide bonds. The Hall–Kier alpha value is -1.39. The minimum absolute atomic E-state index is 0.444. The number of amides is 1. The van der Waals surface area contributed by atoms with Gasteiger partial charge in [0.15, 0.2) is 11.8 Å². The highest BCUT2D eigenvalue weighted by Gasteiger charge is 2.24. The van der Waals surface area contributed by atoms with Crippen LogP contribution in [0.5, 0.6) is 0 Å². The van der Waals surface area contributed by atoms with Crippen molar-refractivity contribution in [2.45, 2.75) is 19.9 Å². The molecule has 0 rings (SSSR count). The normalized spacial score (nSPS) is 11.6. The van der Waals surface area contributed by atoms with Crippen molar-refractivity contribution in [3.05, 3.63) is 0 Å². The Morgan fingerprint density at radius 1 is 1.25 bits per heavy atom. The highest BCUT2D eigenvalue weighted by atomic mass is 16.5. The van der Waals surface area contributed by atoms with Crippen molar-refractivity contribution in [1.29, 1.82) is 0 Å². The van der Waals surface area contributed by atoms with Crippen molar-refractivity contribution in [3.63, 3.8) is 0 Å². The predicted molar refractivity (Wildman–Crippen MR) is 40.3 cm³/mol. The van der Waals surface area contributed by atoms with Crippen LogP contribution in [0.15, 0.2) is 0 Å². The molecule has 0 heterocycles. The number of nitrogens with one attached hydrogen (secondary N) is 1. The summed E-state index contributed by atoms with van der Waals surface area (Å²) < 4.78 is 4.30. The average molecular weight is 173 g/mol. The van der Waals surface area contributed by atoms with Gasteiger partial charge in [-0.1, -0.05) is 0 Å². The van der Waals surface area contributed by atoms with Crippen LogP contribution < -0.4 is 5.32 Å². The molecule has 0 bridgehead atoms.